The highest BCUT2D eigenvalue weighted by atomic mass is 32.2. The number of rotatable bonds is 13. The van der Waals surface area contributed by atoms with Crippen LogP contribution in [0.5, 0.6) is 11.5 Å². The van der Waals surface area contributed by atoms with Crippen molar-refractivity contribution in [3.8, 4) is 11.5 Å². The highest BCUT2D eigenvalue weighted by Crippen LogP contribution is 2.46. The summed E-state index contributed by atoms with van der Waals surface area (Å²) in [6.07, 6.45) is -22.1. The Hall–Kier alpha value is -3.33. The zero-order chi connectivity index (χ0) is 35.5. The number of ether oxygens (including phenoxy) is 4. The first-order valence-electron chi connectivity index (χ1n) is 12.5. The lowest BCUT2D eigenvalue weighted by molar-refractivity contribution is -0.397. The average Bonchev–Trinajstić information content (AvgIpc) is 2.95. The third-order valence-corrected chi connectivity index (χ3v) is 9.21. The lowest BCUT2D eigenvalue weighted by atomic mass is 10.0. The fraction of sp³-hybridized carbons (Fsp3) is 0.333. The van der Waals surface area contributed by atoms with Gasteiger partial charge in [0.25, 0.3) is 11.7 Å². The van der Waals surface area contributed by atoms with Crippen molar-refractivity contribution in [1.82, 2.24) is 0 Å². The first kappa shape index (κ1) is 38.1. The number of halogens is 11. The van der Waals surface area contributed by atoms with Crippen LogP contribution in [0.4, 0.5) is 48.3 Å². The molecule has 0 saturated heterocycles. The molecule has 0 bridgehead atoms. The van der Waals surface area contributed by atoms with E-state index in [0.29, 0.717) is 14.7 Å². The Balaban J connectivity index is 1.94. The maximum atomic E-state index is 13.9. The van der Waals surface area contributed by atoms with E-state index in [9.17, 15) is 56.7 Å². The molecule has 3 rings (SSSR count). The van der Waals surface area contributed by atoms with Crippen LogP contribution in [0.2, 0.25) is 0 Å². The number of hydrogen-bond donors (Lipinski definition) is 1. The standard InChI is InChI=1S/C27H21F11O7S2/c1-42-16-44-23(26(33,34)35,27(36,37)38)15-43-17-7-11-20(12-8-17)46(19-5-3-2-4-6-19)21-13-9-18(10-14-21)45-22(24(28,29)30)25(31,32)47(39,40)41/h2-14,22H,15-16H2,1H3/p+1. The molecule has 20 heteroatoms. The Kier molecular flexibility index (Phi) is 11.4. The normalized spacial score (nSPS) is 14.8. The van der Waals surface area contributed by atoms with Gasteiger partial charge in [-0.3, -0.25) is 4.55 Å². The summed E-state index contributed by atoms with van der Waals surface area (Å²) in [5.74, 6) is -1.28. The highest BCUT2D eigenvalue weighted by Gasteiger charge is 2.73. The van der Waals surface area contributed by atoms with Gasteiger partial charge in [-0.1, -0.05) is 18.2 Å². The summed E-state index contributed by atoms with van der Waals surface area (Å²) in [6, 6.07) is 16.8. The van der Waals surface area contributed by atoms with E-state index in [1.165, 1.54) is 12.1 Å². The first-order chi connectivity index (χ1) is 21.5. The van der Waals surface area contributed by atoms with Gasteiger partial charge in [0, 0.05) is 7.11 Å². The van der Waals surface area contributed by atoms with Gasteiger partial charge in [0.1, 0.15) is 24.9 Å². The molecule has 0 aromatic heterocycles. The average molecular weight is 732 g/mol. The molecule has 0 aliphatic rings. The largest absolute Gasteiger partial charge is 0.490 e. The summed E-state index contributed by atoms with van der Waals surface area (Å²) in [6.45, 7) is -3.38. The van der Waals surface area contributed by atoms with Gasteiger partial charge in [-0.05, 0) is 60.7 Å². The molecule has 0 aliphatic heterocycles. The monoisotopic (exact) mass is 731 g/mol. The predicted molar refractivity (Wildman–Crippen MR) is 142 cm³/mol. The minimum Gasteiger partial charge on any atom is -0.490 e. The van der Waals surface area contributed by atoms with E-state index < -0.39 is 81.4 Å². The van der Waals surface area contributed by atoms with Crippen molar-refractivity contribution in [2.45, 2.75) is 50.2 Å². The molecule has 0 amide bonds. The molecule has 3 aromatic rings. The van der Waals surface area contributed by atoms with Crippen LogP contribution in [0.15, 0.2) is 93.5 Å². The van der Waals surface area contributed by atoms with Gasteiger partial charge in [0.2, 0.25) is 0 Å². The third-order valence-electron chi connectivity index (χ3n) is 6.08. The Bertz CT molecular complexity index is 1550. The van der Waals surface area contributed by atoms with E-state index >= 15 is 0 Å². The molecule has 2 unspecified atom stereocenters. The van der Waals surface area contributed by atoms with Crippen LogP contribution >= 0.6 is 0 Å². The van der Waals surface area contributed by atoms with E-state index in [2.05, 4.69) is 14.2 Å². The van der Waals surface area contributed by atoms with Crippen molar-refractivity contribution in [3.63, 3.8) is 0 Å². The summed E-state index contributed by atoms with van der Waals surface area (Å²) >= 11 is 0. The SMILES string of the molecule is COCOC(COc1ccc([S+](c2ccccc2)c2ccc(OC(C(F)(F)F)C(F)(F)S(=O)(=O)O)cc2)cc1)(C(F)(F)F)C(F)(F)F. The van der Waals surface area contributed by atoms with Crippen molar-refractivity contribution in [3.05, 3.63) is 78.9 Å². The lowest BCUT2D eigenvalue weighted by Gasteiger charge is -2.36. The van der Waals surface area contributed by atoms with E-state index in [1.54, 1.807) is 30.3 Å². The quantitative estimate of drug-likeness (QED) is 0.0847. The molecular formula is C27H22F11O7S2+. The summed E-state index contributed by atoms with van der Waals surface area (Å²) in [7, 11) is -6.89. The highest BCUT2D eigenvalue weighted by molar-refractivity contribution is 7.97. The van der Waals surface area contributed by atoms with Crippen LogP contribution in [-0.2, 0) is 30.5 Å². The number of hydrogen-bond acceptors (Lipinski definition) is 6. The van der Waals surface area contributed by atoms with E-state index in [4.69, 9.17) is 9.29 Å². The number of methoxy groups -OCH3 is 1. The van der Waals surface area contributed by atoms with Crippen LogP contribution in [0, 0.1) is 0 Å². The van der Waals surface area contributed by atoms with Crippen molar-refractivity contribution in [2.75, 3.05) is 20.5 Å². The van der Waals surface area contributed by atoms with Gasteiger partial charge in [0.15, 0.2) is 14.7 Å². The summed E-state index contributed by atoms with van der Waals surface area (Å²) in [5.41, 5.74) is -4.73. The van der Waals surface area contributed by atoms with Gasteiger partial charge in [-0.2, -0.15) is 56.7 Å². The van der Waals surface area contributed by atoms with Gasteiger partial charge < -0.3 is 18.9 Å². The minimum atomic E-state index is -6.54. The molecule has 2 atom stereocenters. The second-order valence-corrected chi connectivity index (χ2v) is 12.8. The second kappa shape index (κ2) is 14.0. The van der Waals surface area contributed by atoms with Crippen LogP contribution in [0.3, 0.4) is 0 Å². The third kappa shape index (κ3) is 8.59. The maximum absolute atomic E-state index is 13.9. The molecule has 260 valence electrons. The molecule has 1 N–H and O–H groups in total. The number of alkyl halides is 11. The molecule has 0 aliphatic carbocycles. The Morgan fingerprint density at radius 3 is 1.55 bits per heavy atom. The Morgan fingerprint density at radius 2 is 1.15 bits per heavy atom. The van der Waals surface area contributed by atoms with Crippen LogP contribution in [0.1, 0.15) is 0 Å². The molecule has 0 radical (unpaired) electrons. The smallest absolute Gasteiger partial charge is 0.432 e. The number of benzene rings is 3. The fourth-order valence-corrected chi connectivity index (χ4v) is 6.28. The maximum Gasteiger partial charge on any atom is 0.432 e. The Labute approximate surface area is 262 Å². The van der Waals surface area contributed by atoms with E-state index in [-0.39, 0.29) is 0 Å². The van der Waals surface area contributed by atoms with Crippen molar-refractivity contribution in [1.29, 1.82) is 0 Å². The molecule has 0 saturated carbocycles. The van der Waals surface area contributed by atoms with Crippen molar-refractivity contribution >= 4 is 21.0 Å². The summed E-state index contributed by atoms with van der Waals surface area (Å²) in [5, 5.41) is -5.77. The summed E-state index contributed by atoms with van der Waals surface area (Å²) < 4.78 is 197. The van der Waals surface area contributed by atoms with Crippen LogP contribution in [0.25, 0.3) is 0 Å². The first-order valence-corrected chi connectivity index (χ1v) is 15.2. The summed E-state index contributed by atoms with van der Waals surface area (Å²) in [4.78, 5) is 1.24. The van der Waals surface area contributed by atoms with Crippen molar-refractivity contribution < 1.29 is 80.2 Å². The second-order valence-electron chi connectivity index (χ2n) is 9.30. The van der Waals surface area contributed by atoms with Gasteiger partial charge in [0.05, 0.1) is 10.9 Å². The molecular weight excluding hydrogens is 709 g/mol. The fourth-order valence-electron chi connectivity index (χ4n) is 3.76. The van der Waals surface area contributed by atoms with E-state index in [1.807, 2.05) is 0 Å². The zero-order valence-corrected chi connectivity index (χ0v) is 25.0. The van der Waals surface area contributed by atoms with Crippen LogP contribution < -0.4 is 9.47 Å². The van der Waals surface area contributed by atoms with Gasteiger partial charge in [-0.25, -0.2) is 0 Å². The van der Waals surface area contributed by atoms with E-state index in [0.717, 1.165) is 43.5 Å². The Morgan fingerprint density at radius 1 is 0.702 bits per heavy atom. The molecule has 7 nitrogen and oxygen atoms in total. The van der Waals surface area contributed by atoms with Gasteiger partial charge >= 0.3 is 33.9 Å². The topological polar surface area (TPSA) is 91.3 Å². The van der Waals surface area contributed by atoms with Crippen molar-refractivity contribution in [2.24, 2.45) is 0 Å². The molecule has 3 aromatic carbocycles. The molecule has 0 spiro atoms. The lowest BCUT2D eigenvalue weighted by Crippen LogP contribution is -2.62. The molecule has 0 heterocycles. The predicted octanol–water partition coefficient (Wildman–Crippen LogP) is 7.44. The van der Waals surface area contributed by atoms with Crippen LogP contribution in [-0.4, -0.2) is 69.0 Å². The zero-order valence-electron chi connectivity index (χ0n) is 23.4. The minimum absolute atomic E-state index is 0.309. The molecule has 0 fully saturated rings. The molecule has 47 heavy (non-hydrogen) atoms. The van der Waals surface area contributed by atoms with Gasteiger partial charge in [-0.15, -0.1) is 0 Å².